The van der Waals surface area contributed by atoms with Crippen LogP contribution in [0.5, 0.6) is 0 Å². The molecule has 4 rings (SSSR count). The summed E-state index contributed by atoms with van der Waals surface area (Å²) in [4.78, 5) is 17.6. The van der Waals surface area contributed by atoms with E-state index in [0.717, 1.165) is 44.6 Å². The topological polar surface area (TPSA) is 40.5 Å². The van der Waals surface area contributed by atoms with Crippen molar-refractivity contribution in [1.29, 1.82) is 0 Å². The third-order valence-electron chi connectivity index (χ3n) is 6.82. The average molecular weight is 423 g/mol. The molecule has 168 valence electrons. The maximum Gasteiger partial charge on any atom is 0.251 e. The van der Waals surface area contributed by atoms with Crippen molar-refractivity contribution in [2.45, 2.75) is 52.4 Å². The van der Waals surface area contributed by atoms with Crippen LogP contribution in [0.3, 0.4) is 0 Å². The summed E-state index contributed by atoms with van der Waals surface area (Å²) in [5.74, 6) is 0.0329. The Morgan fingerprint density at radius 3 is 2.35 bits per heavy atom. The van der Waals surface area contributed by atoms with E-state index in [4.69, 9.17) is 0 Å². The lowest BCUT2D eigenvalue weighted by atomic mass is 9.98. The molecule has 5 heteroatoms. The van der Waals surface area contributed by atoms with Crippen LogP contribution in [0.25, 0.3) is 5.69 Å². The number of nitrogens with zero attached hydrogens (tertiary/aromatic N) is 3. The van der Waals surface area contributed by atoms with E-state index in [-0.39, 0.29) is 5.91 Å². The summed E-state index contributed by atoms with van der Waals surface area (Å²) < 4.78 is 2.37. The lowest BCUT2D eigenvalue weighted by Gasteiger charge is -2.34. The summed E-state index contributed by atoms with van der Waals surface area (Å²) in [5.41, 5.74) is 6.16. The van der Waals surface area contributed by atoms with Gasteiger partial charge in [0.2, 0.25) is 0 Å². The van der Waals surface area contributed by atoms with Crippen LogP contribution >= 0.6 is 0 Å². The van der Waals surface area contributed by atoms with Gasteiger partial charge in [0.15, 0.2) is 0 Å². The molecule has 5 nitrogen and oxygen atoms in total. The molecule has 0 radical (unpaired) electrons. The molecule has 1 amide bonds. The van der Waals surface area contributed by atoms with Gasteiger partial charge in [0, 0.05) is 55.4 Å². The highest BCUT2D eigenvalue weighted by atomic mass is 16.1. The number of aromatic nitrogens is 1. The fourth-order valence-corrected chi connectivity index (χ4v) is 5.13. The van der Waals surface area contributed by atoms with Crippen LogP contribution in [0.1, 0.15) is 59.9 Å². The highest BCUT2D eigenvalue weighted by molar-refractivity contribution is 5.94. The minimum absolute atomic E-state index is 0.0329. The van der Waals surface area contributed by atoms with Gasteiger partial charge in [-0.3, -0.25) is 4.79 Å². The summed E-state index contributed by atoms with van der Waals surface area (Å²) in [6.07, 6.45) is 7.15. The van der Waals surface area contributed by atoms with Crippen molar-refractivity contribution >= 4 is 5.91 Å². The van der Waals surface area contributed by atoms with Crippen LogP contribution in [-0.4, -0.2) is 66.1 Å². The Bertz CT molecular complexity index is 862. The van der Waals surface area contributed by atoms with Crippen LogP contribution in [0.2, 0.25) is 0 Å². The zero-order valence-electron chi connectivity index (χ0n) is 19.3. The third-order valence-corrected chi connectivity index (χ3v) is 6.82. The standard InChI is InChI=1S/C26H38N4O/c1-3-14-28-16-18-29(19-17-28)15-6-13-27-26(31)22-9-11-24(12-10-22)30-21(2)20-23-7-4-5-8-25(23)30/h9-12,20H,3-8,13-19H2,1-2H3,(H,27,31). The van der Waals surface area contributed by atoms with Crippen LogP contribution in [0, 0.1) is 6.92 Å². The van der Waals surface area contributed by atoms with E-state index < -0.39 is 0 Å². The Morgan fingerprint density at radius 1 is 0.968 bits per heavy atom. The van der Waals surface area contributed by atoms with Gasteiger partial charge in [-0.2, -0.15) is 0 Å². The van der Waals surface area contributed by atoms with E-state index in [2.05, 4.69) is 51.7 Å². The molecule has 1 aromatic heterocycles. The highest BCUT2D eigenvalue weighted by Crippen LogP contribution is 2.28. The van der Waals surface area contributed by atoms with E-state index in [9.17, 15) is 4.79 Å². The molecule has 0 unspecified atom stereocenters. The van der Waals surface area contributed by atoms with Crippen LogP contribution in [0.15, 0.2) is 30.3 Å². The summed E-state index contributed by atoms with van der Waals surface area (Å²) in [7, 11) is 0. The fourth-order valence-electron chi connectivity index (χ4n) is 5.13. The SMILES string of the molecule is CCCN1CCN(CCCNC(=O)c2ccc(-n3c(C)cc4c3CCCC4)cc2)CC1. The van der Waals surface area contributed by atoms with Gasteiger partial charge in [-0.15, -0.1) is 0 Å². The van der Waals surface area contributed by atoms with Gasteiger partial charge in [0.1, 0.15) is 0 Å². The summed E-state index contributed by atoms with van der Waals surface area (Å²) in [5, 5.41) is 3.10. The van der Waals surface area contributed by atoms with Crippen LogP contribution in [0.4, 0.5) is 0 Å². The Hall–Kier alpha value is -2.11. The van der Waals surface area contributed by atoms with Crippen molar-refractivity contribution in [2.24, 2.45) is 0 Å². The molecular weight excluding hydrogens is 384 g/mol. The molecule has 2 aromatic rings. The number of carbonyl (C=O) groups is 1. The Labute approximate surface area is 187 Å². The van der Waals surface area contributed by atoms with E-state index in [1.54, 1.807) is 0 Å². The molecule has 0 bridgehead atoms. The molecule has 1 fully saturated rings. The predicted octanol–water partition coefficient (Wildman–Crippen LogP) is 3.81. The van der Waals surface area contributed by atoms with Crippen molar-refractivity contribution in [3.05, 3.63) is 52.8 Å². The molecule has 0 atom stereocenters. The molecule has 1 aliphatic carbocycles. The average Bonchev–Trinajstić information content (AvgIpc) is 3.13. The van der Waals surface area contributed by atoms with E-state index in [0.29, 0.717) is 0 Å². The van der Waals surface area contributed by atoms with Gasteiger partial charge in [-0.25, -0.2) is 0 Å². The maximum absolute atomic E-state index is 12.6. The highest BCUT2D eigenvalue weighted by Gasteiger charge is 2.18. The van der Waals surface area contributed by atoms with E-state index in [1.807, 2.05) is 12.1 Å². The molecule has 1 aromatic carbocycles. The number of amides is 1. The second-order valence-electron chi connectivity index (χ2n) is 9.14. The first-order chi connectivity index (χ1) is 15.2. The quantitative estimate of drug-likeness (QED) is 0.658. The number of fused-ring (bicyclic) bond motifs is 1. The Balaban J connectivity index is 1.25. The number of hydrogen-bond acceptors (Lipinski definition) is 3. The summed E-state index contributed by atoms with van der Waals surface area (Å²) >= 11 is 0. The third kappa shape index (κ3) is 5.39. The summed E-state index contributed by atoms with van der Waals surface area (Å²) in [6.45, 7) is 12.1. The van der Waals surface area contributed by atoms with Gasteiger partial charge in [-0.05, 0) is 94.4 Å². The first-order valence-corrected chi connectivity index (χ1v) is 12.2. The van der Waals surface area contributed by atoms with Crippen molar-refractivity contribution in [1.82, 2.24) is 19.7 Å². The molecule has 1 aliphatic heterocycles. The molecule has 1 N–H and O–H groups in total. The number of benzene rings is 1. The fraction of sp³-hybridized carbons (Fsp3) is 0.577. The number of piperazine rings is 1. The van der Waals surface area contributed by atoms with Crippen LogP contribution < -0.4 is 5.32 Å². The van der Waals surface area contributed by atoms with Crippen molar-refractivity contribution < 1.29 is 4.79 Å². The number of carbonyl (C=O) groups excluding carboxylic acids is 1. The second kappa shape index (κ2) is 10.5. The minimum atomic E-state index is 0.0329. The normalized spacial score (nSPS) is 17.5. The molecule has 1 saturated heterocycles. The van der Waals surface area contributed by atoms with Gasteiger partial charge >= 0.3 is 0 Å². The molecule has 0 saturated carbocycles. The van der Waals surface area contributed by atoms with Gasteiger partial charge in [-0.1, -0.05) is 6.92 Å². The molecular formula is C26H38N4O. The van der Waals surface area contributed by atoms with Crippen molar-refractivity contribution in [2.75, 3.05) is 45.8 Å². The van der Waals surface area contributed by atoms with E-state index in [1.165, 1.54) is 68.0 Å². The molecule has 2 aliphatic rings. The zero-order chi connectivity index (χ0) is 21.6. The number of hydrogen-bond donors (Lipinski definition) is 1. The molecule has 2 heterocycles. The summed E-state index contributed by atoms with van der Waals surface area (Å²) in [6, 6.07) is 10.4. The maximum atomic E-state index is 12.6. The smallest absolute Gasteiger partial charge is 0.251 e. The van der Waals surface area contributed by atoms with Gasteiger partial charge in [0.05, 0.1) is 0 Å². The monoisotopic (exact) mass is 422 g/mol. The van der Waals surface area contributed by atoms with Crippen molar-refractivity contribution in [3.8, 4) is 5.69 Å². The number of aryl methyl sites for hydroxylation is 2. The number of nitrogens with one attached hydrogen (secondary N) is 1. The van der Waals surface area contributed by atoms with Gasteiger partial charge < -0.3 is 19.7 Å². The Morgan fingerprint density at radius 2 is 1.65 bits per heavy atom. The number of rotatable bonds is 8. The first-order valence-electron chi connectivity index (χ1n) is 12.2. The lowest BCUT2D eigenvalue weighted by Crippen LogP contribution is -2.47. The zero-order valence-corrected chi connectivity index (χ0v) is 19.3. The largest absolute Gasteiger partial charge is 0.352 e. The van der Waals surface area contributed by atoms with Gasteiger partial charge in [0.25, 0.3) is 5.91 Å². The first kappa shape index (κ1) is 22.1. The predicted molar refractivity (Wildman–Crippen MR) is 127 cm³/mol. The molecule has 0 spiro atoms. The van der Waals surface area contributed by atoms with Crippen molar-refractivity contribution in [3.63, 3.8) is 0 Å². The Kier molecular flexibility index (Phi) is 7.46. The second-order valence-corrected chi connectivity index (χ2v) is 9.14. The van der Waals surface area contributed by atoms with Crippen LogP contribution in [-0.2, 0) is 12.8 Å². The molecule has 31 heavy (non-hydrogen) atoms. The van der Waals surface area contributed by atoms with E-state index >= 15 is 0 Å². The minimum Gasteiger partial charge on any atom is -0.352 e. The lowest BCUT2D eigenvalue weighted by molar-refractivity contribution is 0.0948.